The van der Waals surface area contributed by atoms with Crippen molar-refractivity contribution in [2.24, 2.45) is 0 Å². The maximum absolute atomic E-state index is 16.1. The zero-order valence-corrected chi connectivity index (χ0v) is 25.2. The Bertz CT molecular complexity index is 1550. The third-order valence-corrected chi connectivity index (χ3v) is 8.34. The van der Waals surface area contributed by atoms with Crippen molar-refractivity contribution < 1.29 is 14.2 Å². The van der Waals surface area contributed by atoms with Gasteiger partial charge in [0.05, 0.1) is 40.2 Å². The van der Waals surface area contributed by atoms with Crippen molar-refractivity contribution in [1.82, 2.24) is 14.9 Å². The molecule has 0 bridgehead atoms. The number of nitrogens with zero attached hydrogens (tertiary/aromatic N) is 4. The smallest absolute Gasteiger partial charge is 0.217 e. The molecule has 0 amide bonds. The average molecular weight is 577 g/mol. The van der Waals surface area contributed by atoms with Gasteiger partial charge in [-0.15, -0.1) is 23.5 Å². The molecule has 0 aliphatic carbocycles. The van der Waals surface area contributed by atoms with Gasteiger partial charge >= 0.3 is 0 Å². The molecule has 2 aromatic carbocycles. The highest BCUT2D eigenvalue weighted by molar-refractivity contribution is 7.99. The molecule has 6 nitrogen and oxygen atoms in total. The van der Waals surface area contributed by atoms with Crippen molar-refractivity contribution in [2.45, 2.75) is 34.9 Å². The van der Waals surface area contributed by atoms with Crippen LogP contribution in [0.2, 0.25) is 0 Å². The number of pyridine rings is 2. The van der Waals surface area contributed by atoms with Crippen LogP contribution in [-0.2, 0) is 5.60 Å². The number of benzene rings is 2. The fourth-order valence-electron chi connectivity index (χ4n) is 4.98. The Balaban J connectivity index is 2.12. The summed E-state index contributed by atoms with van der Waals surface area (Å²) in [6, 6.07) is 18.2. The second kappa shape index (κ2) is 12.6. The van der Waals surface area contributed by atoms with Crippen molar-refractivity contribution in [3.8, 4) is 11.9 Å². The van der Waals surface area contributed by atoms with Crippen LogP contribution < -0.4 is 4.74 Å². The fourth-order valence-corrected chi connectivity index (χ4v) is 5.91. The largest absolute Gasteiger partial charge is 0.481 e. The van der Waals surface area contributed by atoms with Gasteiger partial charge in [-0.3, -0.25) is 0 Å². The highest BCUT2D eigenvalue weighted by atomic mass is 32.2. The van der Waals surface area contributed by atoms with Crippen molar-refractivity contribution in [3.05, 3.63) is 88.2 Å². The molecule has 1 N–H and O–H groups in total. The molecule has 40 heavy (non-hydrogen) atoms. The van der Waals surface area contributed by atoms with E-state index in [1.54, 1.807) is 43.3 Å². The molecule has 4 aromatic rings. The van der Waals surface area contributed by atoms with Gasteiger partial charge in [0.2, 0.25) is 5.88 Å². The van der Waals surface area contributed by atoms with E-state index in [1.807, 2.05) is 49.7 Å². The minimum absolute atomic E-state index is 0.288. The normalized spacial score (nSPS) is 13.7. The lowest BCUT2D eigenvalue weighted by Gasteiger charge is -2.39. The summed E-state index contributed by atoms with van der Waals surface area (Å²) in [7, 11) is 5.41. The van der Waals surface area contributed by atoms with Crippen molar-refractivity contribution in [2.75, 3.05) is 40.3 Å². The number of thioether (sulfide) groups is 2. The van der Waals surface area contributed by atoms with E-state index in [4.69, 9.17) is 9.72 Å². The quantitative estimate of drug-likeness (QED) is 0.218. The van der Waals surface area contributed by atoms with Gasteiger partial charge in [0.15, 0.2) is 0 Å². The van der Waals surface area contributed by atoms with Gasteiger partial charge in [0.1, 0.15) is 11.4 Å². The summed E-state index contributed by atoms with van der Waals surface area (Å²) in [5.41, 5.74) is 1.52. The maximum atomic E-state index is 16.1. The van der Waals surface area contributed by atoms with Crippen LogP contribution in [0.5, 0.6) is 5.88 Å². The molecule has 0 saturated heterocycles. The van der Waals surface area contributed by atoms with Gasteiger partial charge in [-0.1, -0.05) is 18.2 Å². The zero-order chi connectivity index (χ0) is 29.0. The van der Waals surface area contributed by atoms with Gasteiger partial charge in [-0.05, 0) is 93.0 Å². The van der Waals surface area contributed by atoms with Gasteiger partial charge in [-0.2, -0.15) is 5.26 Å². The minimum atomic E-state index is -1.58. The number of aromatic nitrogens is 2. The first-order chi connectivity index (χ1) is 19.1. The van der Waals surface area contributed by atoms with Crippen LogP contribution in [0.15, 0.2) is 64.6 Å². The number of methoxy groups -OCH3 is 1. The predicted octanol–water partition coefficient (Wildman–Crippen LogP) is 6.37. The van der Waals surface area contributed by atoms with E-state index in [0.717, 1.165) is 10.1 Å². The Morgan fingerprint density at radius 2 is 1.75 bits per heavy atom. The highest BCUT2D eigenvalue weighted by Gasteiger charge is 2.44. The number of hydrogen-bond acceptors (Lipinski definition) is 8. The Morgan fingerprint density at radius 3 is 2.35 bits per heavy atom. The van der Waals surface area contributed by atoms with Crippen LogP contribution in [0.1, 0.15) is 40.2 Å². The SMILES string of the molecule is COc1nc2ccc(C#N)cc2cc1C(c1cccc(C)c1F)C(O)(CCN(C)C)c1cc(SC)nc(SC)c1. The summed E-state index contributed by atoms with van der Waals surface area (Å²) in [4.78, 5) is 11.4. The van der Waals surface area contributed by atoms with Crippen LogP contribution in [-0.4, -0.2) is 60.2 Å². The first-order valence-electron chi connectivity index (χ1n) is 12.8. The lowest BCUT2D eigenvalue weighted by Crippen LogP contribution is -2.38. The van der Waals surface area contributed by atoms with Crippen molar-refractivity contribution in [1.29, 1.82) is 5.26 Å². The molecule has 0 radical (unpaired) electrons. The molecule has 0 spiro atoms. The van der Waals surface area contributed by atoms with E-state index in [1.165, 1.54) is 30.6 Å². The van der Waals surface area contributed by atoms with Gasteiger partial charge in [-0.25, -0.2) is 14.4 Å². The van der Waals surface area contributed by atoms with E-state index < -0.39 is 17.3 Å². The molecule has 0 aliphatic rings. The Morgan fingerprint density at radius 1 is 1.05 bits per heavy atom. The summed E-state index contributed by atoms with van der Waals surface area (Å²) in [6.45, 7) is 2.25. The Hall–Kier alpha value is -3.16. The lowest BCUT2D eigenvalue weighted by atomic mass is 9.71. The lowest BCUT2D eigenvalue weighted by molar-refractivity contribution is 0.00234. The maximum Gasteiger partial charge on any atom is 0.217 e. The molecule has 0 fully saturated rings. The molecule has 2 heterocycles. The van der Waals surface area contributed by atoms with Crippen LogP contribution in [0.4, 0.5) is 4.39 Å². The van der Waals surface area contributed by atoms with E-state index >= 15 is 4.39 Å². The predicted molar refractivity (Wildman–Crippen MR) is 161 cm³/mol. The molecule has 2 aromatic heterocycles. The number of ether oxygens (including phenoxy) is 1. The number of hydrogen-bond donors (Lipinski definition) is 1. The van der Waals surface area contributed by atoms with E-state index in [-0.39, 0.29) is 5.88 Å². The summed E-state index contributed by atoms with van der Waals surface area (Å²) in [5, 5.41) is 24.7. The Labute approximate surface area is 243 Å². The second-order valence-corrected chi connectivity index (χ2v) is 11.6. The first-order valence-corrected chi connectivity index (χ1v) is 15.2. The Kier molecular flexibility index (Phi) is 9.37. The third-order valence-electron chi connectivity index (χ3n) is 7.09. The monoisotopic (exact) mass is 576 g/mol. The summed E-state index contributed by atoms with van der Waals surface area (Å²) < 4.78 is 21.9. The number of nitriles is 1. The topological polar surface area (TPSA) is 82.3 Å². The molecule has 4 rings (SSSR count). The molecular formula is C31H33FN4O2S2. The molecule has 0 saturated carbocycles. The molecular weight excluding hydrogens is 543 g/mol. The minimum Gasteiger partial charge on any atom is -0.481 e. The highest BCUT2D eigenvalue weighted by Crippen LogP contribution is 2.49. The average Bonchev–Trinajstić information content (AvgIpc) is 2.97. The van der Waals surface area contributed by atoms with E-state index in [2.05, 4.69) is 11.1 Å². The van der Waals surface area contributed by atoms with Crippen LogP contribution in [0.25, 0.3) is 10.9 Å². The summed E-state index contributed by atoms with van der Waals surface area (Å²) in [6.07, 6.45) is 4.18. The zero-order valence-electron chi connectivity index (χ0n) is 23.5. The molecule has 208 valence electrons. The van der Waals surface area contributed by atoms with Crippen LogP contribution >= 0.6 is 23.5 Å². The van der Waals surface area contributed by atoms with Gasteiger partial charge in [0, 0.05) is 17.5 Å². The molecule has 0 aliphatic heterocycles. The molecule has 9 heteroatoms. The molecule has 2 atom stereocenters. The van der Waals surface area contributed by atoms with Crippen molar-refractivity contribution >= 4 is 34.4 Å². The second-order valence-electron chi connectivity index (χ2n) is 9.94. The third kappa shape index (κ3) is 5.96. The van der Waals surface area contributed by atoms with E-state index in [0.29, 0.717) is 51.7 Å². The fraction of sp³-hybridized carbons (Fsp3) is 0.323. The van der Waals surface area contributed by atoms with Crippen LogP contribution in [0.3, 0.4) is 0 Å². The van der Waals surface area contributed by atoms with Gasteiger partial charge in [0.25, 0.3) is 0 Å². The summed E-state index contributed by atoms with van der Waals surface area (Å²) in [5.74, 6) is -1.000. The standard InChI is InChI=1S/C31H33FN4O2S2/c1-19-8-7-9-23(29(19)32)28(24-15-21-14-20(18-33)10-11-25(21)34-30(24)38-4)31(37,12-13-36(2)3)22-16-26(39-5)35-27(17-22)40-6/h7-11,14-17,28,37H,12-13H2,1-6H3. The van der Waals surface area contributed by atoms with E-state index in [9.17, 15) is 10.4 Å². The molecule has 2 unspecified atom stereocenters. The number of fused-ring (bicyclic) bond motifs is 1. The van der Waals surface area contributed by atoms with Crippen molar-refractivity contribution in [3.63, 3.8) is 0 Å². The summed E-state index contributed by atoms with van der Waals surface area (Å²) >= 11 is 2.98. The number of halogens is 1. The number of aliphatic hydroxyl groups is 1. The number of rotatable bonds is 10. The first kappa shape index (κ1) is 29.8. The number of aryl methyl sites for hydroxylation is 1. The van der Waals surface area contributed by atoms with Crippen LogP contribution in [0, 0.1) is 24.1 Å². The van der Waals surface area contributed by atoms with Gasteiger partial charge < -0.3 is 14.7 Å².